The molecule has 1 unspecified atom stereocenters. The van der Waals surface area contributed by atoms with Gasteiger partial charge in [-0.05, 0) is 12.8 Å². The molecule has 1 amide bonds. The van der Waals surface area contributed by atoms with Gasteiger partial charge >= 0.3 is 0 Å². The predicted octanol–water partition coefficient (Wildman–Crippen LogP) is 0.664. The molecule has 6 heteroatoms. The molecular weight excluding hydrogens is 220 g/mol. The molecule has 0 aliphatic heterocycles. The number of ether oxygens (including phenoxy) is 1. The molecule has 1 aromatic heterocycles. The van der Waals surface area contributed by atoms with E-state index in [-0.39, 0.29) is 5.91 Å². The summed E-state index contributed by atoms with van der Waals surface area (Å²) in [5, 5.41) is 9.53. The summed E-state index contributed by atoms with van der Waals surface area (Å²) >= 11 is 0. The smallest absolute Gasteiger partial charge is 0.242 e. The lowest BCUT2D eigenvalue weighted by Gasteiger charge is -2.09. The van der Waals surface area contributed by atoms with Crippen LogP contribution in [0.25, 0.3) is 0 Å². The first-order chi connectivity index (χ1) is 8.17. The van der Waals surface area contributed by atoms with Crippen LogP contribution in [0.3, 0.4) is 0 Å². The maximum absolute atomic E-state index is 11.6. The van der Waals surface area contributed by atoms with Gasteiger partial charge in [0.1, 0.15) is 0 Å². The van der Waals surface area contributed by atoms with Gasteiger partial charge in [0.15, 0.2) is 5.82 Å². The van der Waals surface area contributed by atoms with Gasteiger partial charge in [-0.15, -0.1) is 0 Å². The van der Waals surface area contributed by atoms with Gasteiger partial charge in [-0.2, -0.15) is 5.10 Å². The topological polar surface area (TPSA) is 93.0 Å². The monoisotopic (exact) mass is 240 g/mol. The van der Waals surface area contributed by atoms with E-state index in [4.69, 9.17) is 10.5 Å². The number of rotatable bonds is 7. The molecule has 6 nitrogen and oxygen atoms in total. The summed E-state index contributed by atoms with van der Waals surface area (Å²) in [6, 6.07) is 1.26. The third-order valence-corrected chi connectivity index (χ3v) is 2.37. The fourth-order valence-corrected chi connectivity index (χ4v) is 1.42. The number of carbonyl (C=O) groups excluding carboxylic acids is 1. The van der Waals surface area contributed by atoms with Crippen molar-refractivity contribution in [1.29, 1.82) is 0 Å². The zero-order chi connectivity index (χ0) is 12.7. The predicted molar refractivity (Wildman–Crippen MR) is 65.7 cm³/mol. The Kier molecular flexibility index (Phi) is 5.65. The third kappa shape index (κ3) is 4.54. The summed E-state index contributed by atoms with van der Waals surface area (Å²) < 4.78 is 4.87. The second-order valence-electron chi connectivity index (χ2n) is 3.91. The molecule has 0 saturated carbocycles. The first kappa shape index (κ1) is 13.7. The number of nitrogens with zero attached hydrogens (tertiary/aromatic N) is 1. The summed E-state index contributed by atoms with van der Waals surface area (Å²) in [5.41, 5.74) is 6.69. The molecule has 0 radical (unpaired) electrons. The highest BCUT2D eigenvalue weighted by Gasteiger charge is 2.14. The van der Waals surface area contributed by atoms with Crippen LogP contribution >= 0.6 is 0 Å². The lowest BCUT2D eigenvalue weighted by atomic mass is 10.2. The summed E-state index contributed by atoms with van der Waals surface area (Å²) in [5.74, 6) is 0.280. The number of carbonyl (C=O) groups is 1. The van der Waals surface area contributed by atoms with Crippen molar-refractivity contribution in [2.24, 2.45) is 5.73 Å². The van der Waals surface area contributed by atoms with E-state index in [9.17, 15) is 4.79 Å². The standard InChI is InChI=1S/C11H20N4O2/c1-3-4-8-7-10(15-14-8)13-11(16)9(12)5-6-17-2/h7,9H,3-6,12H2,1-2H3,(H2,13,14,15,16). The van der Waals surface area contributed by atoms with Crippen LogP contribution in [0.2, 0.25) is 0 Å². The Hall–Kier alpha value is -1.40. The van der Waals surface area contributed by atoms with E-state index >= 15 is 0 Å². The highest BCUT2D eigenvalue weighted by molar-refractivity contribution is 5.93. The van der Waals surface area contributed by atoms with E-state index < -0.39 is 6.04 Å². The van der Waals surface area contributed by atoms with Crippen molar-refractivity contribution in [3.63, 3.8) is 0 Å². The molecule has 0 aromatic carbocycles. The number of aryl methyl sites for hydroxylation is 1. The van der Waals surface area contributed by atoms with Crippen LogP contribution in [-0.2, 0) is 16.0 Å². The number of hydrogen-bond acceptors (Lipinski definition) is 4. The van der Waals surface area contributed by atoms with Crippen molar-refractivity contribution in [3.05, 3.63) is 11.8 Å². The van der Waals surface area contributed by atoms with Crippen LogP contribution in [0.4, 0.5) is 5.82 Å². The van der Waals surface area contributed by atoms with Crippen molar-refractivity contribution in [1.82, 2.24) is 10.2 Å². The van der Waals surface area contributed by atoms with Crippen molar-refractivity contribution >= 4 is 11.7 Å². The number of aromatic amines is 1. The van der Waals surface area contributed by atoms with Gasteiger partial charge in [-0.1, -0.05) is 13.3 Å². The Balaban J connectivity index is 2.43. The molecule has 0 saturated heterocycles. The van der Waals surface area contributed by atoms with Gasteiger partial charge in [0, 0.05) is 25.5 Å². The molecule has 0 aliphatic carbocycles. The first-order valence-corrected chi connectivity index (χ1v) is 5.77. The lowest BCUT2D eigenvalue weighted by Crippen LogP contribution is -2.36. The number of nitrogens with two attached hydrogens (primary N) is 1. The number of amides is 1. The van der Waals surface area contributed by atoms with E-state index in [1.807, 2.05) is 6.07 Å². The lowest BCUT2D eigenvalue weighted by molar-refractivity contribution is -0.117. The van der Waals surface area contributed by atoms with Crippen LogP contribution in [-0.4, -0.2) is 35.9 Å². The molecule has 0 bridgehead atoms. The molecular formula is C11H20N4O2. The van der Waals surface area contributed by atoms with Crippen molar-refractivity contribution < 1.29 is 9.53 Å². The van der Waals surface area contributed by atoms with Crippen LogP contribution in [0.5, 0.6) is 0 Å². The van der Waals surface area contributed by atoms with Crippen LogP contribution in [0, 0.1) is 0 Å². The summed E-state index contributed by atoms with van der Waals surface area (Å²) in [6.07, 6.45) is 2.44. The fraction of sp³-hybridized carbons (Fsp3) is 0.636. The minimum Gasteiger partial charge on any atom is -0.385 e. The van der Waals surface area contributed by atoms with Crippen molar-refractivity contribution in [2.75, 3.05) is 19.0 Å². The van der Waals surface area contributed by atoms with Crippen LogP contribution < -0.4 is 11.1 Å². The number of anilines is 1. The van der Waals surface area contributed by atoms with Gasteiger partial charge in [-0.3, -0.25) is 9.89 Å². The Labute approximate surface area is 101 Å². The molecule has 1 heterocycles. The molecule has 0 aliphatic rings. The molecule has 17 heavy (non-hydrogen) atoms. The van der Waals surface area contributed by atoms with Gasteiger partial charge < -0.3 is 15.8 Å². The molecule has 0 fully saturated rings. The van der Waals surface area contributed by atoms with Crippen molar-refractivity contribution in [3.8, 4) is 0 Å². The van der Waals surface area contributed by atoms with Gasteiger partial charge in [0.25, 0.3) is 0 Å². The minimum absolute atomic E-state index is 0.239. The second kappa shape index (κ2) is 7.03. The van der Waals surface area contributed by atoms with Gasteiger partial charge in [0.2, 0.25) is 5.91 Å². The highest BCUT2D eigenvalue weighted by Crippen LogP contribution is 2.07. The number of H-pyrrole nitrogens is 1. The molecule has 0 spiro atoms. The number of aromatic nitrogens is 2. The minimum atomic E-state index is -0.568. The number of hydrogen-bond donors (Lipinski definition) is 3. The van der Waals surface area contributed by atoms with Crippen LogP contribution in [0.15, 0.2) is 6.07 Å². The van der Waals surface area contributed by atoms with E-state index in [1.54, 1.807) is 7.11 Å². The fourth-order valence-electron chi connectivity index (χ4n) is 1.42. The van der Waals surface area contributed by atoms with Crippen LogP contribution in [0.1, 0.15) is 25.5 Å². The highest BCUT2D eigenvalue weighted by atomic mass is 16.5. The average Bonchev–Trinajstić information content (AvgIpc) is 2.74. The third-order valence-electron chi connectivity index (χ3n) is 2.37. The maximum atomic E-state index is 11.6. The van der Waals surface area contributed by atoms with E-state index in [0.717, 1.165) is 18.5 Å². The summed E-state index contributed by atoms with van der Waals surface area (Å²) in [6.45, 7) is 2.55. The maximum Gasteiger partial charge on any atom is 0.242 e. The van der Waals surface area contributed by atoms with Crippen molar-refractivity contribution in [2.45, 2.75) is 32.2 Å². The number of nitrogens with one attached hydrogen (secondary N) is 2. The Morgan fingerprint density at radius 3 is 3.12 bits per heavy atom. The van der Waals surface area contributed by atoms with E-state index in [2.05, 4.69) is 22.4 Å². The largest absolute Gasteiger partial charge is 0.385 e. The zero-order valence-corrected chi connectivity index (χ0v) is 10.3. The summed E-state index contributed by atoms with van der Waals surface area (Å²) in [7, 11) is 1.58. The molecule has 1 atom stereocenters. The van der Waals surface area contributed by atoms with Gasteiger partial charge in [0.05, 0.1) is 6.04 Å². The number of methoxy groups -OCH3 is 1. The second-order valence-corrected chi connectivity index (χ2v) is 3.91. The molecule has 1 aromatic rings. The normalized spacial score (nSPS) is 12.4. The Bertz CT molecular complexity index is 351. The molecule has 96 valence electrons. The first-order valence-electron chi connectivity index (χ1n) is 5.77. The quantitative estimate of drug-likeness (QED) is 0.653. The van der Waals surface area contributed by atoms with Gasteiger partial charge in [-0.25, -0.2) is 0 Å². The SMILES string of the molecule is CCCc1cc(NC(=O)C(N)CCOC)n[nH]1. The molecule has 1 rings (SSSR count). The summed E-state index contributed by atoms with van der Waals surface area (Å²) in [4.78, 5) is 11.6. The zero-order valence-electron chi connectivity index (χ0n) is 10.3. The Morgan fingerprint density at radius 2 is 2.47 bits per heavy atom. The van der Waals surface area contributed by atoms with E-state index in [0.29, 0.717) is 18.8 Å². The van der Waals surface area contributed by atoms with E-state index in [1.165, 1.54) is 0 Å². The molecule has 4 N–H and O–H groups in total. The average molecular weight is 240 g/mol. The Morgan fingerprint density at radius 1 is 1.71 bits per heavy atom.